The summed E-state index contributed by atoms with van der Waals surface area (Å²) in [6.45, 7) is 3.92. The number of piperazine rings is 1. The van der Waals surface area contributed by atoms with Crippen molar-refractivity contribution >= 4 is 17.5 Å². The van der Waals surface area contributed by atoms with Gasteiger partial charge in [0.2, 0.25) is 0 Å². The van der Waals surface area contributed by atoms with Crippen LogP contribution < -0.4 is 10.2 Å². The van der Waals surface area contributed by atoms with Gasteiger partial charge in [0.25, 0.3) is 11.8 Å². The molecule has 7 nitrogen and oxygen atoms in total. The summed E-state index contributed by atoms with van der Waals surface area (Å²) in [7, 11) is 1.63. The number of hydrogen-bond acceptors (Lipinski definition) is 5. The number of carbonyl (C=O) groups is 2. The number of para-hydroxylation sites is 1. The normalized spacial score (nSPS) is 14.0. The number of amides is 2. The lowest BCUT2D eigenvalue weighted by Gasteiger charge is -2.36. The largest absolute Gasteiger partial charge is 0.385 e. The van der Waals surface area contributed by atoms with Gasteiger partial charge in [0, 0.05) is 63.9 Å². The summed E-state index contributed by atoms with van der Waals surface area (Å²) in [6.07, 6.45) is 2.25. The zero-order valence-corrected chi connectivity index (χ0v) is 16.1. The van der Waals surface area contributed by atoms with Crippen LogP contribution in [-0.2, 0) is 4.74 Å². The molecule has 1 N–H and O–H groups in total. The molecule has 148 valence electrons. The second-order valence-corrected chi connectivity index (χ2v) is 6.65. The number of nitrogens with one attached hydrogen (secondary N) is 1. The number of ether oxygens (including phenoxy) is 1. The van der Waals surface area contributed by atoms with E-state index in [4.69, 9.17) is 4.74 Å². The number of anilines is 1. The van der Waals surface area contributed by atoms with Crippen LogP contribution in [0.2, 0.25) is 0 Å². The third kappa shape index (κ3) is 5.07. The van der Waals surface area contributed by atoms with Crippen LogP contribution in [0.1, 0.15) is 27.3 Å². The van der Waals surface area contributed by atoms with Crippen LogP contribution in [0.25, 0.3) is 0 Å². The standard InChI is InChI=1S/C21H26N4O3/c1-28-15-5-9-23-20(26)17-8-10-22-19(16-17)21(27)25-13-11-24(12-14-25)18-6-3-2-4-7-18/h2-4,6-8,10,16H,5,9,11-15H2,1H3,(H,23,26). The molecule has 2 heterocycles. The van der Waals surface area contributed by atoms with Crippen molar-refractivity contribution in [3.63, 3.8) is 0 Å². The van der Waals surface area contributed by atoms with Gasteiger partial charge in [-0.3, -0.25) is 14.6 Å². The average Bonchev–Trinajstić information content (AvgIpc) is 2.77. The highest BCUT2D eigenvalue weighted by Gasteiger charge is 2.23. The van der Waals surface area contributed by atoms with Crippen molar-refractivity contribution in [3.8, 4) is 0 Å². The van der Waals surface area contributed by atoms with Crippen LogP contribution in [0.3, 0.4) is 0 Å². The third-order valence-corrected chi connectivity index (χ3v) is 4.74. The van der Waals surface area contributed by atoms with Gasteiger partial charge < -0.3 is 19.9 Å². The van der Waals surface area contributed by atoms with Gasteiger partial charge in [-0.1, -0.05) is 18.2 Å². The minimum atomic E-state index is -0.207. The number of hydrogen-bond donors (Lipinski definition) is 1. The third-order valence-electron chi connectivity index (χ3n) is 4.74. The number of rotatable bonds is 7. The van der Waals surface area contributed by atoms with Gasteiger partial charge in [0.15, 0.2) is 0 Å². The van der Waals surface area contributed by atoms with E-state index in [2.05, 4.69) is 27.3 Å². The number of nitrogens with zero attached hydrogens (tertiary/aromatic N) is 3. The molecule has 28 heavy (non-hydrogen) atoms. The smallest absolute Gasteiger partial charge is 0.272 e. The maximum absolute atomic E-state index is 12.8. The Morgan fingerprint density at radius 1 is 1.11 bits per heavy atom. The first-order chi connectivity index (χ1) is 13.7. The van der Waals surface area contributed by atoms with E-state index < -0.39 is 0 Å². The molecule has 1 aromatic heterocycles. The van der Waals surface area contributed by atoms with Crippen molar-refractivity contribution in [2.75, 3.05) is 51.3 Å². The van der Waals surface area contributed by atoms with Crippen LogP contribution in [0, 0.1) is 0 Å². The van der Waals surface area contributed by atoms with E-state index in [0.29, 0.717) is 37.5 Å². The van der Waals surface area contributed by atoms with E-state index in [9.17, 15) is 9.59 Å². The van der Waals surface area contributed by atoms with E-state index in [1.165, 1.54) is 11.9 Å². The van der Waals surface area contributed by atoms with Crippen molar-refractivity contribution in [3.05, 3.63) is 59.9 Å². The average molecular weight is 382 g/mol. The maximum Gasteiger partial charge on any atom is 0.272 e. The summed E-state index contributed by atoms with van der Waals surface area (Å²) in [5.41, 5.74) is 1.91. The molecule has 0 saturated carbocycles. The number of aromatic nitrogens is 1. The molecule has 1 aromatic carbocycles. The summed E-state index contributed by atoms with van der Waals surface area (Å²) in [5, 5.41) is 2.83. The minimum Gasteiger partial charge on any atom is -0.385 e. The van der Waals surface area contributed by atoms with Gasteiger partial charge in [-0.25, -0.2) is 0 Å². The van der Waals surface area contributed by atoms with Crippen LogP contribution in [-0.4, -0.2) is 68.1 Å². The fraction of sp³-hybridized carbons (Fsp3) is 0.381. The predicted molar refractivity (Wildman–Crippen MR) is 108 cm³/mol. The molecular formula is C21H26N4O3. The second-order valence-electron chi connectivity index (χ2n) is 6.65. The molecular weight excluding hydrogens is 356 g/mol. The fourth-order valence-corrected chi connectivity index (χ4v) is 3.18. The summed E-state index contributed by atoms with van der Waals surface area (Å²) in [4.78, 5) is 33.3. The topological polar surface area (TPSA) is 74.8 Å². The molecule has 1 fully saturated rings. The van der Waals surface area contributed by atoms with Gasteiger partial charge in [-0.05, 0) is 30.7 Å². The summed E-state index contributed by atoms with van der Waals surface area (Å²) < 4.78 is 4.97. The zero-order valence-electron chi connectivity index (χ0n) is 16.1. The Morgan fingerprint density at radius 2 is 1.86 bits per heavy atom. The van der Waals surface area contributed by atoms with E-state index in [1.54, 1.807) is 24.1 Å². The monoisotopic (exact) mass is 382 g/mol. The fourth-order valence-electron chi connectivity index (χ4n) is 3.18. The van der Waals surface area contributed by atoms with Crippen molar-refractivity contribution < 1.29 is 14.3 Å². The maximum atomic E-state index is 12.8. The minimum absolute atomic E-state index is 0.137. The lowest BCUT2D eigenvalue weighted by molar-refractivity contribution is 0.0741. The summed E-state index contributed by atoms with van der Waals surface area (Å²) in [6, 6.07) is 13.4. The molecule has 0 radical (unpaired) electrons. The molecule has 0 atom stereocenters. The zero-order chi connectivity index (χ0) is 19.8. The number of benzene rings is 1. The van der Waals surface area contributed by atoms with E-state index in [-0.39, 0.29) is 11.8 Å². The van der Waals surface area contributed by atoms with Crippen LogP contribution >= 0.6 is 0 Å². The van der Waals surface area contributed by atoms with E-state index >= 15 is 0 Å². The Hall–Kier alpha value is -2.93. The number of pyridine rings is 1. The highest BCUT2D eigenvalue weighted by Crippen LogP contribution is 2.16. The molecule has 0 spiro atoms. The summed E-state index contributed by atoms with van der Waals surface area (Å²) in [5.74, 6) is -0.344. The lowest BCUT2D eigenvalue weighted by Crippen LogP contribution is -2.49. The molecule has 0 unspecified atom stereocenters. The molecule has 0 aliphatic carbocycles. The van der Waals surface area contributed by atoms with Crippen LogP contribution in [0.5, 0.6) is 0 Å². The van der Waals surface area contributed by atoms with E-state index in [1.807, 2.05) is 18.2 Å². The van der Waals surface area contributed by atoms with Crippen LogP contribution in [0.15, 0.2) is 48.7 Å². The number of methoxy groups -OCH3 is 1. The Kier molecular flexibility index (Phi) is 6.97. The summed E-state index contributed by atoms with van der Waals surface area (Å²) >= 11 is 0. The van der Waals surface area contributed by atoms with Gasteiger partial charge in [-0.15, -0.1) is 0 Å². The quantitative estimate of drug-likeness (QED) is 0.740. The Morgan fingerprint density at radius 3 is 2.57 bits per heavy atom. The first kappa shape index (κ1) is 19.8. The molecule has 1 saturated heterocycles. The van der Waals surface area contributed by atoms with Gasteiger partial charge in [0.1, 0.15) is 5.69 Å². The Bertz CT molecular complexity index is 789. The van der Waals surface area contributed by atoms with Crippen molar-refractivity contribution in [1.82, 2.24) is 15.2 Å². The van der Waals surface area contributed by atoms with Gasteiger partial charge in [-0.2, -0.15) is 0 Å². The van der Waals surface area contributed by atoms with Crippen molar-refractivity contribution in [2.24, 2.45) is 0 Å². The van der Waals surface area contributed by atoms with Crippen molar-refractivity contribution in [1.29, 1.82) is 0 Å². The van der Waals surface area contributed by atoms with Crippen LogP contribution in [0.4, 0.5) is 5.69 Å². The first-order valence-corrected chi connectivity index (χ1v) is 9.51. The molecule has 1 aliphatic heterocycles. The van der Waals surface area contributed by atoms with Gasteiger partial charge >= 0.3 is 0 Å². The molecule has 3 rings (SSSR count). The Balaban J connectivity index is 1.57. The Labute approximate surface area is 165 Å². The molecule has 0 bridgehead atoms. The van der Waals surface area contributed by atoms with Crippen molar-refractivity contribution in [2.45, 2.75) is 6.42 Å². The number of carbonyl (C=O) groups excluding carboxylic acids is 2. The SMILES string of the molecule is COCCCNC(=O)c1ccnc(C(=O)N2CCN(c3ccccc3)CC2)c1. The predicted octanol–water partition coefficient (Wildman–Crippen LogP) is 1.81. The second kappa shape index (κ2) is 9.85. The highest BCUT2D eigenvalue weighted by molar-refractivity contribution is 5.98. The highest BCUT2D eigenvalue weighted by atomic mass is 16.5. The lowest BCUT2D eigenvalue weighted by atomic mass is 10.2. The molecule has 7 heteroatoms. The van der Waals surface area contributed by atoms with Gasteiger partial charge in [0.05, 0.1) is 0 Å². The molecule has 2 aromatic rings. The molecule has 1 aliphatic rings. The first-order valence-electron chi connectivity index (χ1n) is 9.51. The molecule has 2 amide bonds. The van der Waals surface area contributed by atoms with E-state index in [0.717, 1.165) is 19.5 Å².